The number of anilines is 2. The molecule has 0 saturated carbocycles. The number of aromatic nitrogens is 2. The Morgan fingerprint density at radius 1 is 1.23 bits per heavy atom. The minimum atomic E-state index is -0.216. The van der Waals surface area contributed by atoms with Gasteiger partial charge in [0.1, 0.15) is 17.3 Å². The molecule has 1 aliphatic heterocycles. The molecule has 5 N–H and O–H groups in total. The van der Waals surface area contributed by atoms with Crippen LogP contribution in [0, 0.1) is 0 Å². The van der Waals surface area contributed by atoms with Crippen molar-refractivity contribution >= 4 is 61.8 Å². The Bertz CT molecular complexity index is 1860. The van der Waals surface area contributed by atoms with Gasteiger partial charge in [-0.05, 0) is 35.2 Å². The highest BCUT2D eigenvalue weighted by atomic mass is 32.1. The molecule has 0 atom stereocenters. The SMILES string of the molecule is COc1cc(-c2csc3c(C=CCNCCN4CCNC4=O)cnc(N)c23)ccc1NC(=O)c1cc2ccccc2n1C. The van der Waals surface area contributed by atoms with Gasteiger partial charge >= 0.3 is 6.03 Å². The molecule has 220 valence electrons. The number of nitrogens with two attached hydrogens (primary N) is 1. The third kappa shape index (κ3) is 5.64. The zero-order valence-corrected chi connectivity index (χ0v) is 24.8. The third-order valence-electron chi connectivity index (χ3n) is 7.66. The number of nitrogens with zero attached hydrogens (tertiary/aromatic N) is 3. The van der Waals surface area contributed by atoms with E-state index in [0.29, 0.717) is 42.6 Å². The van der Waals surface area contributed by atoms with Crippen molar-refractivity contribution in [2.24, 2.45) is 7.05 Å². The first kappa shape index (κ1) is 28.3. The molecule has 5 aromatic rings. The van der Waals surface area contributed by atoms with E-state index in [4.69, 9.17) is 10.5 Å². The molecule has 10 nitrogen and oxygen atoms in total. The van der Waals surface area contributed by atoms with Crippen LogP contribution >= 0.6 is 11.3 Å². The standard InChI is InChI=1S/C32H33N7O3S/c1-38-25-8-4-3-6-21(25)16-26(38)31(40)37-24-10-9-20(17-27(24)42-2)23-19-43-29-22(18-36-30(33)28(23)29)7-5-11-34-12-14-39-15-13-35-32(39)41/h3-10,16-19,34H,11-15H2,1-2H3,(H2,33,36)(H,35,41)(H,37,40). The van der Waals surface area contributed by atoms with Crippen LogP contribution in [0.2, 0.25) is 0 Å². The van der Waals surface area contributed by atoms with Crippen molar-refractivity contribution < 1.29 is 14.3 Å². The van der Waals surface area contributed by atoms with E-state index in [2.05, 4.69) is 26.3 Å². The van der Waals surface area contributed by atoms with Gasteiger partial charge in [0.2, 0.25) is 0 Å². The largest absolute Gasteiger partial charge is 0.495 e. The van der Waals surface area contributed by atoms with Gasteiger partial charge in [-0.1, -0.05) is 36.4 Å². The van der Waals surface area contributed by atoms with Gasteiger partial charge in [-0.15, -0.1) is 11.3 Å². The van der Waals surface area contributed by atoms with E-state index in [-0.39, 0.29) is 11.9 Å². The summed E-state index contributed by atoms with van der Waals surface area (Å²) in [5.41, 5.74) is 11.3. The van der Waals surface area contributed by atoms with Gasteiger partial charge in [-0.2, -0.15) is 0 Å². The fourth-order valence-corrected chi connectivity index (χ4v) is 6.46. The van der Waals surface area contributed by atoms with Gasteiger partial charge in [0.25, 0.3) is 5.91 Å². The van der Waals surface area contributed by atoms with E-state index in [9.17, 15) is 9.59 Å². The molecule has 1 saturated heterocycles. The maximum Gasteiger partial charge on any atom is 0.317 e. The minimum Gasteiger partial charge on any atom is -0.495 e. The maximum atomic E-state index is 13.2. The Morgan fingerprint density at radius 3 is 2.88 bits per heavy atom. The Kier molecular flexibility index (Phi) is 7.99. The smallest absolute Gasteiger partial charge is 0.317 e. The number of fused-ring (bicyclic) bond motifs is 2. The van der Waals surface area contributed by atoms with Gasteiger partial charge in [0.15, 0.2) is 0 Å². The predicted molar refractivity (Wildman–Crippen MR) is 174 cm³/mol. The van der Waals surface area contributed by atoms with Crippen molar-refractivity contribution in [2.45, 2.75) is 0 Å². The fraction of sp³-hybridized carbons (Fsp3) is 0.219. The van der Waals surface area contributed by atoms with Crippen LogP contribution in [0.15, 0.2) is 66.2 Å². The lowest BCUT2D eigenvalue weighted by Gasteiger charge is -2.13. The number of nitrogens with one attached hydrogen (secondary N) is 3. The van der Waals surface area contributed by atoms with E-state index in [1.165, 1.54) is 0 Å². The van der Waals surface area contributed by atoms with Crippen LogP contribution in [-0.2, 0) is 7.05 Å². The van der Waals surface area contributed by atoms with Crippen LogP contribution in [0.3, 0.4) is 0 Å². The molecular weight excluding hydrogens is 562 g/mol. The minimum absolute atomic E-state index is 0.000843. The molecule has 11 heteroatoms. The molecule has 1 aliphatic rings. The van der Waals surface area contributed by atoms with Crippen LogP contribution in [0.4, 0.5) is 16.3 Å². The lowest BCUT2D eigenvalue weighted by atomic mass is 10.0. The quantitative estimate of drug-likeness (QED) is 0.170. The molecule has 2 aromatic carbocycles. The average molecular weight is 596 g/mol. The number of carbonyl (C=O) groups is 2. The molecule has 0 bridgehead atoms. The number of para-hydroxylation sites is 1. The van der Waals surface area contributed by atoms with Gasteiger partial charge in [-0.3, -0.25) is 4.79 Å². The van der Waals surface area contributed by atoms with Crippen molar-refractivity contribution in [1.82, 2.24) is 25.1 Å². The highest BCUT2D eigenvalue weighted by Crippen LogP contribution is 2.41. The second kappa shape index (κ2) is 12.2. The van der Waals surface area contributed by atoms with Gasteiger partial charge in [0.05, 0.1) is 12.8 Å². The summed E-state index contributed by atoms with van der Waals surface area (Å²) in [6.07, 6.45) is 5.87. The number of hydrogen-bond donors (Lipinski definition) is 4. The first-order valence-electron chi connectivity index (χ1n) is 14.0. The summed E-state index contributed by atoms with van der Waals surface area (Å²) in [5, 5.41) is 13.1. The third-order valence-corrected chi connectivity index (χ3v) is 8.69. The number of thiophene rings is 1. The molecule has 0 radical (unpaired) electrons. The topological polar surface area (TPSA) is 127 Å². The number of nitrogen functional groups attached to an aromatic ring is 1. The summed E-state index contributed by atoms with van der Waals surface area (Å²) in [7, 11) is 3.47. The van der Waals surface area contributed by atoms with Gasteiger partial charge in [-0.25, -0.2) is 9.78 Å². The summed E-state index contributed by atoms with van der Waals surface area (Å²) in [5.74, 6) is 0.785. The number of amides is 3. The lowest BCUT2D eigenvalue weighted by Crippen LogP contribution is -2.34. The number of pyridine rings is 1. The molecular formula is C32H33N7O3S. The van der Waals surface area contributed by atoms with E-state index in [0.717, 1.165) is 50.8 Å². The summed E-state index contributed by atoms with van der Waals surface area (Å²) < 4.78 is 8.62. The average Bonchev–Trinajstić information content (AvgIpc) is 3.74. The Morgan fingerprint density at radius 2 is 2.09 bits per heavy atom. The molecule has 1 fully saturated rings. The second-order valence-corrected chi connectivity index (χ2v) is 11.2. The number of methoxy groups -OCH3 is 1. The van der Waals surface area contributed by atoms with Crippen LogP contribution < -0.4 is 26.4 Å². The van der Waals surface area contributed by atoms with E-state index >= 15 is 0 Å². The number of carbonyl (C=O) groups excluding carboxylic acids is 2. The molecule has 0 unspecified atom stereocenters. The maximum absolute atomic E-state index is 13.2. The Labute approximate surface area is 253 Å². The predicted octanol–water partition coefficient (Wildman–Crippen LogP) is 4.93. The number of rotatable bonds is 10. The molecule has 43 heavy (non-hydrogen) atoms. The highest BCUT2D eigenvalue weighted by Gasteiger charge is 2.19. The summed E-state index contributed by atoms with van der Waals surface area (Å²) in [6, 6.07) is 15.5. The Hall–Kier alpha value is -4.87. The number of aryl methyl sites for hydroxylation is 1. The monoisotopic (exact) mass is 595 g/mol. The Balaban J connectivity index is 1.18. The van der Waals surface area contributed by atoms with E-state index in [1.54, 1.807) is 29.5 Å². The lowest BCUT2D eigenvalue weighted by molar-refractivity contribution is 0.101. The second-order valence-electron chi connectivity index (χ2n) is 10.3. The van der Waals surface area contributed by atoms with Crippen LogP contribution in [0.25, 0.3) is 38.2 Å². The molecule has 3 aromatic heterocycles. The van der Waals surface area contributed by atoms with Crippen molar-refractivity contribution in [1.29, 1.82) is 0 Å². The van der Waals surface area contributed by atoms with Crippen LogP contribution in [0.1, 0.15) is 16.1 Å². The number of ether oxygens (including phenoxy) is 1. The molecule has 3 amide bonds. The number of hydrogen-bond acceptors (Lipinski definition) is 7. The van der Waals surface area contributed by atoms with Crippen molar-refractivity contribution in [3.05, 3.63) is 77.4 Å². The van der Waals surface area contributed by atoms with Crippen LogP contribution in [0.5, 0.6) is 5.75 Å². The first-order valence-corrected chi connectivity index (χ1v) is 14.9. The zero-order valence-electron chi connectivity index (χ0n) is 24.0. The molecule has 0 spiro atoms. The normalized spacial score (nSPS) is 13.3. The summed E-state index contributed by atoms with van der Waals surface area (Å²) in [6.45, 7) is 3.53. The zero-order chi connectivity index (χ0) is 29.9. The number of benzene rings is 2. The highest BCUT2D eigenvalue weighted by molar-refractivity contribution is 7.18. The van der Waals surface area contributed by atoms with Crippen molar-refractivity contribution in [3.63, 3.8) is 0 Å². The van der Waals surface area contributed by atoms with Crippen molar-refractivity contribution in [3.8, 4) is 16.9 Å². The summed E-state index contributed by atoms with van der Waals surface area (Å²) in [4.78, 5) is 31.2. The fourth-order valence-electron chi connectivity index (χ4n) is 5.38. The molecule has 4 heterocycles. The summed E-state index contributed by atoms with van der Waals surface area (Å²) >= 11 is 1.61. The van der Waals surface area contributed by atoms with E-state index < -0.39 is 0 Å². The molecule has 0 aliphatic carbocycles. The number of urea groups is 1. The van der Waals surface area contributed by atoms with Gasteiger partial charge < -0.3 is 35.9 Å². The van der Waals surface area contributed by atoms with Crippen LogP contribution in [-0.4, -0.2) is 66.2 Å². The first-order chi connectivity index (χ1) is 20.9. The van der Waals surface area contributed by atoms with Gasteiger partial charge in [0, 0.05) is 78.1 Å². The van der Waals surface area contributed by atoms with Crippen molar-refractivity contribution in [2.75, 3.05) is 50.9 Å². The molecule has 6 rings (SSSR count). The van der Waals surface area contributed by atoms with E-state index in [1.807, 2.05) is 72.3 Å².